The number of benzene rings is 6. The molecule has 0 nitrogen and oxygen atoms in total. The van der Waals surface area contributed by atoms with Gasteiger partial charge >= 0.3 is 0 Å². The molecule has 1 heterocycles. The van der Waals surface area contributed by atoms with Crippen LogP contribution in [0.15, 0.2) is 115 Å². The van der Waals surface area contributed by atoms with E-state index < -0.39 is 0 Å². The fourth-order valence-electron chi connectivity index (χ4n) is 7.77. The molecule has 0 N–H and O–H groups in total. The first-order valence-corrected chi connectivity index (χ1v) is 15.8. The molecule has 2 aliphatic rings. The predicted molar refractivity (Wildman–Crippen MR) is 183 cm³/mol. The highest BCUT2D eigenvalue weighted by atomic mass is 32.1. The highest BCUT2D eigenvalue weighted by molar-refractivity contribution is 7.20. The van der Waals surface area contributed by atoms with Crippen molar-refractivity contribution in [2.75, 3.05) is 0 Å². The molecule has 0 fully saturated rings. The molecule has 1 heteroatoms. The summed E-state index contributed by atoms with van der Waals surface area (Å²) in [5.41, 5.74) is 12.3. The number of hydrogen-bond donors (Lipinski definition) is 0. The third-order valence-corrected chi connectivity index (χ3v) is 11.0. The lowest BCUT2D eigenvalue weighted by molar-refractivity contribution is 0.645. The molecule has 6 aromatic carbocycles. The Labute approximate surface area is 250 Å². The largest absolute Gasteiger partial charge is 0.135 e. The quantitative estimate of drug-likeness (QED) is 0.186. The first kappa shape index (κ1) is 24.2. The van der Waals surface area contributed by atoms with Crippen LogP contribution in [0.2, 0.25) is 0 Å². The summed E-state index contributed by atoms with van der Waals surface area (Å²) in [6.07, 6.45) is 6.92. The van der Waals surface area contributed by atoms with Gasteiger partial charge in [0.2, 0.25) is 0 Å². The molecule has 0 aliphatic heterocycles. The Balaban J connectivity index is 1.29. The standard InChI is InChI=1S/C41H30S/c1-41(2)34-18-7-5-14-32(34)38-30-13-4-3-12-29(30)37(33-17-10-19-35(41)39(33)38)26-23-21-25(22-24-26)27-15-9-16-31-28-11-6-8-20-36(28)42-40(27)31/h3-5,7-10,12-24H,6,11H2,1-2H3. The van der Waals surface area contributed by atoms with Crippen LogP contribution in [0, 0.1) is 0 Å². The summed E-state index contributed by atoms with van der Waals surface area (Å²) in [5.74, 6) is 0. The van der Waals surface area contributed by atoms with Crippen molar-refractivity contribution in [2.24, 2.45) is 0 Å². The van der Waals surface area contributed by atoms with Crippen molar-refractivity contribution in [3.05, 3.63) is 137 Å². The third kappa shape index (κ3) is 3.23. The van der Waals surface area contributed by atoms with E-state index in [-0.39, 0.29) is 5.41 Å². The van der Waals surface area contributed by atoms with Crippen molar-refractivity contribution in [3.8, 4) is 33.4 Å². The predicted octanol–water partition coefficient (Wildman–Crippen LogP) is 11.8. The van der Waals surface area contributed by atoms with Gasteiger partial charge in [0, 0.05) is 15.0 Å². The van der Waals surface area contributed by atoms with Gasteiger partial charge in [0.15, 0.2) is 0 Å². The van der Waals surface area contributed by atoms with Crippen molar-refractivity contribution in [2.45, 2.75) is 32.1 Å². The van der Waals surface area contributed by atoms with E-state index in [1.54, 1.807) is 0 Å². The fraction of sp³-hybridized carbons (Fsp3) is 0.122. The summed E-state index contributed by atoms with van der Waals surface area (Å²) in [7, 11) is 0. The van der Waals surface area contributed by atoms with Crippen LogP contribution in [0.25, 0.3) is 71.1 Å². The second-order valence-electron chi connectivity index (χ2n) is 12.3. The first-order valence-electron chi connectivity index (χ1n) is 15.0. The highest BCUT2D eigenvalue weighted by Gasteiger charge is 2.34. The highest BCUT2D eigenvalue weighted by Crippen LogP contribution is 2.53. The molecule has 9 rings (SSSR count). The van der Waals surface area contributed by atoms with E-state index in [4.69, 9.17) is 0 Å². The molecule has 0 atom stereocenters. The molecule has 0 saturated carbocycles. The summed E-state index contributed by atoms with van der Waals surface area (Å²) in [4.78, 5) is 1.43. The zero-order valence-corrected chi connectivity index (χ0v) is 24.7. The summed E-state index contributed by atoms with van der Waals surface area (Å²) in [6.45, 7) is 4.76. The van der Waals surface area contributed by atoms with Crippen LogP contribution in [0.5, 0.6) is 0 Å². The summed E-state index contributed by atoms with van der Waals surface area (Å²) < 4.78 is 1.41. The maximum atomic E-state index is 2.38. The normalized spacial score (nSPS) is 14.8. The van der Waals surface area contributed by atoms with Gasteiger partial charge in [-0.3, -0.25) is 0 Å². The van der Waals surface area contributed by atoms with Crippen molar-refractivity contribution in [3.63, 3.8) is 0 Å². The van der Waals surface area contributed by atoms with Crippen molar-refractivity contribution >= 4 is 49.0 Å². The number of hydrogen-bond acceptors (Lipinski definition) is 1. The Morgan fingerprint density at radius 2 is 1.21 bits per heavy atom. The minimum atomic E-state index is -0.0690. The van der Waals surface area contributed by atoms with Crippen LogP contribution in [0.3, 0.4) is 0 Å². The molecular weight excluding hydrogens is 525 g/mol. The smallest absolute Gasteiger partial charge is 0.0430 e. The zero-order chi connectivity index (χ0) is 28.0. The molecule has 42 heavy (non-hydrogen) atoms. The van der Waals surface area contributed by atoms with Crippen molar-refractivity contribution in [1.29, 1.82) is 0 Å². The molecule has 0 amide bonds. The minimum absolute atomic E-state index is 0.0690. The van der Waals surface area contributed by atoms with Crippen LogP contribution in [0.1, 0.15) is 41.8 Å². The third-order valence-electron chi connectivity index (χ3n) is 9.76. The SMILES string of the molecule is CC1(C)c2ccccc2-c2c3ccccc3c(-c3ccc(-c4cccc5c6c(sc45)C=CCC6)cc3)c3cccc1c23. The minimum Gasteiger partial charge on any atom is -0.135 e. The van der Waals surface area contributed by atoms with Crippen molar-refractivity contribution < 1.29 is 0 Å². The number of thiophene rings is 1. The van der Waals surface area contributed by atoms with Gasteiger partial charge in [-0.25, -0.2) is 0 Å². The maximum Gasteiger partial charge on any atom is 0.0430 e. The molecule has 0 spiro atoms. The topological polar surface area (TPSA) is 0 Å². The maximum absolute atomic E-state index is 2.38. The first-order chi connectivity index (χ1) is 20.6. The van der Waals surface area contributed by atoms with E-state index in [9.17, 15) is 0 Å². The van der Waals surface area contributed by atoms with Crippen LogP contribution >= 0.6 is 11.3 Å². The molecule has 1 aromatic heterocycles. The summed E-state index contributed by atoms with van der Waals surface area (Å²) in [5, 5.41) is 6.83. The van der Waals surface area contributed by atoms with E-state index >= 15 is 0 Å². The number of rotatable bonds is 2. The van der Waals surface area contributed by atoms with Gasteiger partial charge in [-0.15, -0.1) is 11.3 Å². The molecule has 7 aromatic rings. The second kappa shape index (κ2) is 8.77. The van der Waals surface area contributed by atoms with Gasteiger partial charge in [-0.05, 0) is 95.9 Å². The molecule has 0 radical (unpaired) electrons. The fourth-order valence-corrected chi connectivity index (χ4v) is 9.09. The van der Waals surface area contributed by atoms with Crippen LogP contribution in [-0.4, -0.2) is 0 Å². The summed E-state index contributed by atoms with van der Waals surface area (Å²) >= 11 is 1.95. The molecule has 0 saturated heterocycles. The van der Waals surface area contributed by atoms with Gasteiger partial charge in [0.05, 0.1) is 0 Å². The lowest BCUT2D eigenvalue weighted by Gasteiger charge is -2.36. The second-order valence-corrected chi connectivity index (χ2v) is 13.4. The Hall–Kier alpha value is -4.46. The monoisotopic (exact) mass is 554 g/mol. The number of aryl methyl sites for hydroxylation is 1. The Kier molecular flexibility index (Phi) is 5.05. The van der Waals surface area contributed by atoms with E-state index in [1.165, 1.54) is 86.6 Å². The van der Waals surface area contributed by atoms with Gasteiger partial charge in [0.1, 0.15) is 0 Å². The van der Waals surface area contributed by atoms with E-state index in [2.05, 4.69) is 135 Å². The average Bonchev–Trinajstić information content (AvgIpc) is 3.42. The van der Waals surface area contributed by atoms with Gasteiger partial charge in [0.25, 0.3) is 0 Å². The zero-order valence-electron chi connectivity index (χ0n) is 23.9. The van der Waals surface area contributed by atoms with E-state index in [1.807, 2.05) is 11.3 Å². The van der Waals surface area contributed by atoms with Crippen LogP contribution < -0.4 is 0 Å². The van der Waals surface area contributed by atoms with E-state index in [0.717, 1.165) is 12.8 Å². The lowest BCUT2D eigenvalue weighted by Crippen LogP contribution is -2.23. The molecule has 2 aliphatic carbocycles. The van der Waals surface area contributed by atoms with Crippen molar-refractivity contribution in [1.82, 2.24) is 0 Å². The van der Waals surface area contributed by atoms with Gasteiger partial charge < -0.3 is 0 Å². The average molecular weight is 555 g/mol. The Morgan fingerprint density at radius 3 is 2.07 bits per heavy atom. The molecule has 0 unspecified atom stereocenters. The lowest BCUT2D eigenvalue weighted by atomic mass is 9.67. The Bertz CT molecular complexity index is 2260. The summed E-state index contributed by atoms with van der Waals surface area (Å²) in [6, 6.07) is 41.2. The Morgan fingerprint density at radius 1 is 0.571 bits per heavy atom. The van der Waals surface area contributed by atoms with Gasteiger partial charge in [-0.2, -0.15) is 0 Å². The number of allylic oxidation sites excluding steroid dienone is 1. The van der Waals surface area contributed by atoms with E-state index in [0.29, 0.717) is 0 Å². The molecule has 200 valence electrons. The van der Waals surface area contributed by atoms with Gasteiger partial charge in [-0.1, -0.05) is 129 Å². The molecular formula is C41H30S. The van der Waals surface area contributed by atoms with Crippen LogP contribution in [0.4, 0.5) is 0 Å². The molecule has 0 bridgehead atoms. The van der Waals surface area contributed by atoms with Crippen LogP contribution in [-0.2, 0) is 11.8 Å². The number of fused-ring (bicyclic) bond motifs is 7.